The highest BCUT2D eigenvalue weighted by atomic mass is 35.5. The lowest BCUT2D eigenvalue weighted by Gasteiger charge is -2.24. The third kappa shape index (κ3) is 7.13. The van der Waals surface area contributed by atoms with Gasteiger partial charge in [0.25, 0.3) is 0 Å². The zero-order valence-corrected chi connectivity index (χ0v) is 11.7. The number of hydrogen-bond donors (Lipinski definition) is 0. The Hall–Kier alpha value is 0.790. The van der Waals surface area contributed by atoms with Gasteiger partial charge >= 0.3 is 0 Å². The molecule has 0 saturated heterocycles. The quantitative estimate of drug-likeness (QED) is 0.537. The molecule has 0 aliphatic carbocycles. The minimum Gasteiger partial charge on any atom is -0.305 e. The van der Waals surface area contributed by atoms with E-state index >= 15 is 0 Å². The summed E-state index contributed by atoms with van der Waals surface area (Å²) in [5, 5.41) is 0. The van der Waals surface area contributed by atoms with Gasteiger partial charge in [0.05, 0.1) is 5.50 Å². The molecule has 0 aromatic carbocycles. The first-order valence-corrected chi connectivity index (χ1v) is 5.49. The van der Waals surface area contributed by atoms with Gasteiger partial charge in [-0.15, -0.1) is 35.6 Å². The van der Waals surface area contributed by atoms with Gasteiger partial charge < -0.3 is 4.90 Å². The van der Waals surface area contributed by atoms with E-state index in [0.717, 1.165) is 12.8 Å². The molecule has 14 heavy (non-hydrogen) atoms. The van der Waals surface area contributed by atoms with E-state index in [2.05, 4.69) is 4.90 Å². The van der Waals surface area contributed by atoms with E-state index in [1.165, 1.54) is 0 Å². The number of nitrogens with zero attached hydrogens (tertiary/aromatic N) is 2. The molecule has 0 radical (unpaired) electrons. The largest absolute Gasteiger partial charge is 0.305 e. The van der Waals surface area contributed by atoms with Gasteiger partial charge in [-0.25, -0.2) is 0 Å². The lowest BCUT2D eigenvalue weighted by atomic mass is 10.1. The van der Waals surface area contributed by atoms with Crippen molar-refractivity contribution in [2.75, 3.05) is 34.1 Å². The van der Waals surface area contributed by atoms with Gasteiger partial charge in [-0.1, -0.05) is 0 Å². The Kier molecular flexibility index (Phi) is 11.1. The van der Waals surface area contributed by atoms with E-state index in [4.69, 9.17) is 23.2 Å². The van der Waals surface area contributed by atoms with Crippen molar-refractivity contribution >= 4 is 35.6 Å². The third-order valence-electron chi connectivity index (χ3n) is 2.21. The molecule has 0 saturated carbocycles. The van der Waals surface area contributed by atoms with Gasteiger partial charge in [0.15, 0.2) is 0 Å². The Morgan fingerprint density at radius 2 is 1.50 bits per heavy atom. The smallest absolute Gasteiger partial charge is 0.0846 e. The zero-order chi connectivity index (χ0) is 10.4. The zero-order valence-electron chi connectivity index (χ0n) is 9.33. The van der Waals surface area contributed by atoms with Crippen LogP contribution in [0.3, 0.4) is 0 Å². The fourth-order valence-corrected chi connectivity index (χ4v) is 1.62. The van der Waals surface area contributed by atoms with Crippen LogP contribution >= 0.6 is 35.6 Å². The van der Waals surface area contributed by atoms with E-state index in [9.17, 15) is 0 Å². The average Bonchev–Trinajstić information content (AvgIpc) is 2.04. The fraction of sp³-hybridized carbons (Fsp3) is 1.00. The molecule has 2 nitrogen and oxygen atoms in total. The molecule has 0 aromatic rings. The topological polar surface area (TPSA) is 6.48 Å². The molecule has 0 bridgehead atoms. The third-order valence-corrected chi connectivity index (χ3v) is 3.17. The standard InChI is InChI=1S/C9H20Cl2N2.ClH/c1-12(2)8(7-10)5-6-9(11)13(3)4;/h8-9H,5-7H2,1-4H3;1H. The second kappa shape index (κ2) is 9.05. The van der Waals surface area contributed by atoms with Crippen molar-refractivity contribution in [3.8, 4) is 0 Å². The molecular weight excluding hydrogens is 242 g/mol. The van der Waals surface area contributed by atoms with E-state index in [1.54, 1.807) is 0 Å². The minimum absolute atomic E-state index is 0. The van der Waals surface area contributed by atoms with Crippen molar-refractivity contribution in [3.05, 3.63) is 0 Å². The molecule has 88 valence electrons. The monoisotopic (exact) mass is 262 g/mol. The SMILES string of the molecule is CN(C)C(Cl)CCC(CCl)N(C)C.Cl. The van der Waals surface area contributed by atoms with Crippen molar-refractivity contribution in [3.63, 3.8) is 0 Å². The van der Waals surface area contributed by atoms with E-state index in [-0.39, 0.29) is 17.9 Å². The summed E-state index contributed by atoms with van der Waals surface area (Å²) in [7, 11) is 8.07. The fourth-order valence-electron chi connectivity index (χ4n) is 1.06. The van der Waals surface area contributed by atoms with Crippen molar-refractivity contribution in [1.29, 1.82) is 0 Å². The number of halogens is 3. The molecule has 0 fully saturated rings. The van der Waals surface area contributed by atoms with Crippen LogP contribution in [0.5, 0.6) is 0 Å². The average molecular weight is 264 g/mol. The molecule has 0 heterocycles. The predicted octanol–water partition coefficient (Wildman–Crippen LogP) is 2.48. The van der Waals surface area contributed by atoms with Crippen LogP contribution in [-0.2, 0) is 0 Å². The van der Waals surface area contributed by atoms with Gasteiger partial charge in [-0.2, -0.15) is 0 Å². The van der Waals surface area contributed by atoms with Crippen molar-refractivity contribution in [1.82, 2.24) is 9.80 Å². The Balaban J connectivity index is 0. The van der Waals surface area contributed by atoms with E-state index in [1.807, 2.05) is 33.1 Å². The summed E-state index contributed by atoms with van der Waals surface area (Å²) < 4.78 is 0. The van der Waals surface area contributed by atoms with Crippen LogP contribution in [0.15, 0.2) is 0 Å². The summed E-state index contributed by atoms with van der Waals surface area (Å²) >= 11 is 11.9. The first-order valence-electron chi connectivity index (χ1n) is 4.52. The Morgan fingerprint density at radius 1 is 1.00 bits per heavy atom. The summed E-state index contributed by atoms with van der Waals surface area (Å²) in [4.78, 5) is 4.16. The van der Waals surface area contributed by atoms with Gasteiger partial charge in [0.1, 0.15) is 0 Å². The van der Waals surface area contributed by atoms with Gasteiger partial charge in [0, 0.05) is 11.9 Å². The predicted molar refractivity (Wildman–Crippen MR) is 68.0 cm³/mol. The Morgan fingerprint density at radius 3 is 1.79 bits per heavy atom. The van der Waals surface area contributed by atoms with E-state index < -0.39 is 0 Å². The first-order chi connectivity index (χ1) is 5.99. The summed E-state index contributed by atoms with van der Waals surface area (Å²) in [6.07, 6.45) is 2.02. The summed E-state index contributed by atoms with van der Waals surface area (Å²) in [6, 6.07) is 0.433. The maximum absolute atomic E-state index is 6.09. The summed E-state index contributed by atoms with van der Waals surface area (Å²) in [6.45, 7) is 0. The van der Waals surface area contributed by atoms with Crippen molar-refractivity contribution in [2.45, 2.75) is 24.4 Å². The lowest BCUT2D eigenvalue weighted by molar-refractivity contribution is 0.272. The highest BCUT2D eigenvalue weighted by molar-refractivity contribution is 6.20. The van der Waals surface area contributed by atoms with E-state index in [0.29, 0.717) is 11.9 Å². The molecule has 0 aromatic heterocycles. The van der Waals surface area contributed by atoms with Crippen LogP contribution in [0.4, 0.5) is 0 Å². The number of alkyl halides is 2. The Bertz CT molecular complexity index is 131. The number of hydrogen-bond acceptors (Lipinski definition) is 2. The summed E-state index contributed by atoms with van der Waals surface area (Å²) in [5.41, 5.74) is 0.116. The molecule has 0 aliphatic rings. The molecule has 0 spiro atoms. The molecular formula is C9H21Cl3N2. The van der Waals surface area contributed by atoms with Gasteiger partial charge in [-0.05, 0) is 41.0 Å². The van der Waals surface area contributed by atoms with Crippen LogP contribution in [0, 0.1) is 0 Å². The lowest BCUT2D eigenvalue weighted by Crippen LogP contribution is -2.32. The number of rotatable bonds is 6. The van der Waals surface area contributed by atoms with Gasteiger partial charge in [-0.3, -0.25) is 4.90 Å². The normalized spacial score (nSPS) is 15.4. The van der Waals surface area contributed by atoms with Crippen LogP contribution in [0.1, 0.15) is 12.8 Å². The molecule has 5 heteroatoms. The second-order valence-corrected chi connectivity index (χ2v) is 4.56. The van der Waals surface area contributed by atoms with Crippen LogP contribution in [0.25, 0.3) is 0 Å². The highest BCUT2D eigenvalue weighted by Crippen LogP contribution is 2.13. The van der Waals surface area contributed by atoms with Crippen LogP contribution in [-0.4, -0.2) is 55.4 Å². The molecule has 0 aliphatic heterocycles. The first kappa shape index (κ1) is 17.2. The minimum atomic E-state index is 0. The second-order valence-electron chi connectivity index (χ2n) is 3.75. The molecule has 0 rings (SSSR count). The summed E-state index contributed by atoms with van der Waals surface area (Å²) in [5.74, 6) is 0.671. The van der Waals surface area contributed by atoms with Crippen molar-refractivity contribution in [2.24, 2.45) is 0 Å². The van der Waals surface area contributed by atoms with Crippen LogP contribution < -0.4 is 0 Å². The van der Waals surface area contributed by atoms with Gasteiger partial charge in [0.2, 0.25) is 0 Å². The molecule has 2 atom stereocenters. The van der Waals surface area contributed by atoms with Crippen LogP contribution in [0.2, 0.25) is 0 Å². The molecule has 0 N–H and O–H groups in total. The molecule has 2 unspecified atom stereocenters. The molecule has 0 amide bonds. The Labute approximate surface area is 104 Å². The maximum atomic E-state index is 6.09. The highest BCUT2D eigenvalue weighted by Gasteiger charge is 2.13. The maximum Gasteiger partial charge on any atom is 0.0846 e. The van der Waals surface area contributed by atoms with Crippen molar-refractivity contribution < 1.29 is 0 Å².